The zero-order valence-electron chi connectivity index (χ0n) is 13.6. The molecule has 122 valence electrons. The average Bonchev–Trinajstić information content (AvgIpc) is 3.34. The van der Waals surface area contributed by atoms with E-state index >= 15 is 0 Å². The van der Waals surface area contributed by atoms with Crippen LogP contribution in [0.25, 0.3) is 21.8 Å². The van der Waals surface area contributed by atoms with Crippen LogP contribution in [0, 0.1) is 0 Å². The van der Waals surface area contributed by atoms with Crippen molar-refractivity contribution in [3.63, 3.8) is 0 Å². The zero-order valence-corrected chi connectivity index (χ0v) is 15.1. The number of nitrogens with zero attached hydrogens (tertiary/aromatic N) is 2. The first kappa shape index (κ1) is 15.8. The summed E-state index contributed by atoms with van der Waals surface area (Å²) in [6.45, 7) is 1.03. The fourth-order valence-electron chi connectivity index (χ4n) is 2.84. The number of hydrogen-bond acceptors (Lipinski definition) is 3. The van der Waals surface area contributed by atoms with Gasteiger partial charge in [-0.05, 0) is 37.6 Å². The van der Waals surface area contributed by atoms with Crippen LogP contribution in [0.2, 0.25) is 5.02 Å². The highest BCUT2D eigenvalue weighted by Crippen LogP contribution is 2.30. The van der Waals surface area contributed by atoms with E-state index in [0.29, 0.717) is 0 Å². The van der Waals surface area contributed by atoms with Crippen LogP contribution in [-0.2, 0) is 6.54 Å². The van der Waals surface area contributed by atoms with E-state index in [9.17, 15) is 0 Å². The monoisotopic (exact) mass is 354 g/mol. The van der Waals surface area contributed by atoms with Crippen LogP contribution >= 0.6 is 22.9 Å². The molecule has 0 unspecified atom stereocenters. The molecule has 0 radical (unpaired) electrons. The second-order valence-electron chi connectivity index (χ2n) is 6.39. The molecule has 0 spiro atoms. The molecule has 4 rings (SSSR count). The van der Waals surface area contributed by atoms with E-state index < -0.39 is 0 Å². The van der Waals surface area contributed by atoms with Crippen molar-refractivity contribution < 1.29 is 0 Å². The molecule has 1 aliphatic carbocycles. The van der Waals surface area contributed by atoms with E-state index in [1.807, 2.05) is 24.3 Å². The van der Waals surface area contributed by atoms with Gasteiger partial charge in [-0.1, -0.05) is 48.0 Å². The largest absolute Gasteiger partial charge is 0.299 e. The smallest absolute Gasteiger partial charge is 0.124 e. The SMILES string of the molecule is CN(Cc1ccc(-c2csc(-c3ccc(Cl)cc3)n2)cc1)C1CC1. The van der Waals surface area contributed by atoms with Crippen molar-refractivity contribution in [2.45, 2.75) is 25.4 Å². The Kier molecular flexibility index (Phi) is 4.40. The molecule has 2 aromatic carbocycles. The van der Waals surface area contributed by atoms with Crippen molar-refractivity contribution in [3.8, 4) is 21.8 Å². The molecule has 0 bridgehead atoms. The molecule has 3 aromatic rings. The summed E-state index contributed by atoms with van der Waals surface area (Å²) in [4.78, 5) is 7.22. The van der Waals surface area contributed by atoms with Crippen LogP contribution in [0.1, 0.15) is 18.4 Å². The maximum atomic E-state index is 5.95. The predicted molar refractivity (Wildman–Crippen MR) is 102 cm³/mol. The molecule has 0 N–H and O–H groups in total. The van der Waals surface area contributed by atoms with Crippen LogP contribution in [0.4, 0.5) is 0 Å². The third-order valence-electron chi connectivity index (χ3n) is 4.45. The van der Waals surface area contributed by atoms with Crippen LogP contribution in [0.15, 0.2) is 53.9 Å². The molecular formula is C20H19ClN2S. The molecule has 1 heterocycles. The minimum atomic E-state index is 0.752. The average molecular weight is 355 g/mol. The number of benzene rings is 2. The lowest BCUT2D eigenvalue weighted by Crippen LogP contribution is -2.19. The number of hydrogen-bond donors (Lipinski definition) is 0. The number of rotatable bonds is 5. The predicted octanol–water partition coefficient (Wildman–Crippen LogP) is 5.72. The van der Waals surface area contributed by atoms with Gasteiger partial charge in [-0.2, -0.15) is 0 Å². The first-order valence-electron chi connectivity index (χ1n) is 8.20. The third-order valence-corrected chi connectivity index (χ3v) is 5.59. The lowest BCUT2D eigenvalue weighted by Gasteiger charge is -2.15. The lowest BCUT2D eigenvalue weighted by molar-refractivity contribution is 0.316. The summed E-state index contributed by atoms with van der Waals surface area (Å²) in [6.07, 6.45) is 2.70. The Morgan fingerprint density at radius 1 is 1.04 bits per heavy atom. The van der Waals surface area contributed by atoms with Gasteiger partial charge in [0.2, 0.25) is 0 Å². The van der Waals surface area contributed by atoms with E-state index in [2.05, 4.69) is 41.6 Å². The fourth-order valence-corrected chi connectivity index (χ4v) is 3.81. The Bertz CT molecular complexity index is 820. The highest BCUT2D eigenvalue weighted by Gasteiger charge is 2.25. The zero-order chi connectivity index (χ0) is 16.5. The van der Waals surface area contributed by atoms with Crippen molar-refractivity contribution in [1.82, 2.24) is 9.88 Å². The van der Waals surface area contributed by atoms with Gasteiger partial charge in [0.15, 0.2) is 0 Å². The highest BCUT2D eigenvalue weighted by atomic mass is 35.5. The number of halogens is 1. The van der Waals surface area contributed by atoms with Gasteiger partial charge in [0.25, 0.3) is 0 Å². The second-order valence-corrected chi connectivity index (χ2v) is 7.68. The summed E-state index contributed by atoms with van der Waals surface area (Å²) in [5.74, 6) is 0. The van der Waals surface area contributed by atoms with Gasteiger partial charge in [0.05, 0.1) is 5.69 Å². The molecule has 24 heavy (non-hydrogen) atoms. The fraction of sp³-hybridized carbons (Fsp3) is 0.250. The lowest BCUT2D eigenvalue weighted by atomic mass is 10.1. The van der Waals surface area contributed by atoms with Crippen LogP contribution < -0.4 is 0 Å². The van der Waals surface area contributed by atoms with Gasteiger partial charge in [-0.3, -0.25) is 4.90 Å². The van der Waals surface area contributed by atoms with Crippen LogP contribution in [-0.4, -0.2) is 23.0 Å². The Morgan fingerprint density at radius 3 is 2.38 bits per heavy atom. The molecular weight excluding hydrogens is 336 g/mol. The molecule has 1 aliphatic rings. The standard InChI is InChI=1S/C20H19ClN2S/c1-23(18-10-11-18)12-14-2-4-15(5-3-14)19-13-24-20(22-19)16-6-8-17(21)9-7-16/h2-9,13,18H,10-12H2,1H3. The molecule has 0 aliphatic heterocycles. The summed E-state index contributed by atoms with van der Waals surface area (Å²) < 4.78 is 0. The van der Waals surface area contributed by atoms with Gasteiger partial charge < -0.3 is 0 Å². The van der Waals surface area contributed by atoms with E-state index in [1.165, 1.54) is 24.0 Å². The Hall–Kier alpha value is -1.68. The third kappa shape index (κ3) is 3.54. The minimum Gasteiger partial charge on any atom is -0.299 e. The van der Waals surface area contributed by atoms with Crippen LogP contribution in [0.3, 0.4) is 0 Å². The first-order chi connectivity index (χ1) is 11.7. The summed E-state index contributed by atoms with van der Waals surface area (Å²) in [7, 11) is 2.21. The van der Waals surface area contributed by atoms with Crippen LogP contribution in [0.5, 0.6) is 0 Å². The topological polar surface area (TPSA) is 16.1 Å². The van der Waals surface area contributed by atoms with Gasteiger partial charge in [-0.15, -0.1) is 11.3 Å². The summed E-state index contributed by atoms with van der Waals surface area (Å²) in [5.41, 5.74) is 4.68. The number of aromatic nitrogens is 1. The maximum Gasteiger partial charge on any atom is 0.124 e. The highest BCUT2D eigenvalue weighted by molar-refractivity contribution is 7.13. The van der Waals surface area contributed by atoms with E-state index in [0.717, 1.165) is 33.9 Å². The molecule has 0 atom stereocenters. The summed E-state index contributed by atoms with van der Waals surface area (Å²) >= 11 is 7.62. The summed E-state index contributed by atoms with van der Waals surface area (Å²) in [6, 6.07) is 17.4. The molecule has 0 amide bonds. The molecule has 2 nitrogen and oxygen atoms in total. The second kappa shape index (κ2) is 6.67. The van der Waals surface area contributed by atoms with E-state index in [-0.39, 0.29) is 0 Å². The van der Waals surface area contributed by atoms with Crippen molar-refractivity contribution in [3.05, 3.63) is 64.5 Å². The van der Waals surface area contributed by atoms with E-state index in [4.69, 9.17) is 16.6 Å². The Balaban J connectivity index is 1.50. The van der Waals surface area contributed by atoms with Gasteiger partial charge in [0.1, 0.15) is 5.01 Å². The van der Waals surface area contributed by atoms with Crippen molar-refractivity contribution in [2.75, 3.05) is 7.05 Å². The normalized spacial score (nSPS) is 14.3. The van der Waals surface area contributed by atoms with Crippen molar-refractivity contribution >= 4 is 22.9 Å². The molecule has 1 saturated carbocycles. The molecule has 1 fully saturated rings. The molecule has 4 heteroatoms. The quantitative estimate of drug-likeness (QED) is 0.582. The Labute approximate surface area is 151 Å². The minimum absolute atomic E-state index is 0.752. The van der Waals surface area contributed by atoms with Gasteiger partial charge >= 0.3 is 0 Å². The molecule has 1 aromatic heterocycles. The number of thiazole rings is 1. The molecule has 0 saturated heterocycles. The Morgan fingerprint density at radius 2 is 1.71 bits per heavy atom. The summed E-state index contributed by atoms with van der Waals surface area (Å²) in [5, 5.41) is 3.90. The first-order valence-corrected chi connectivity index (χ1v) is 9.46. The van der Waals surface area contributed by atoms with Crippen molar-refractivity contribution in [2.24, 2.45) is 0 Å². The van der Waals surface area contributed by atoms with E-state index in [1.54, 1.807) is 11.3 Å². The van der Waals surface area contributed by atoms with Gasteiger partial charge in [-0.25, -0.2) is 4.98 Å². The van der Waals surface area contributed by atoms with Gasteiger partial charge in [0, 0.05) is 34.1 Å². The maximum absolute atomic E-state index is 5.95. The van der Waals surface area contributed by atoms with Crippen molar-refractivity contribution in [1.29, 1.82) is 0 Å².